The van der Waals surface area contributed by atoms with E-state index in [1.807, 2.05) is 0 Å². The van der Waals surface area contributed by atoms with Gasteiger partial charge in [0.15, 0.2) is 6.61 Å². The molecule has 0 spiro atoms. The Morgan fingerprint density at radius 2 is 1.91 bits per heavy atom. The highest BCUT2D eigenvalue weighted by Crippen LogP contribution is 2.21. The molecule has 2 aromatic rings. The molecule has 0 aromatic heterocycles. The number of nitro benzene ring substituents is 1. The first-order chi connectivity index (χ1) is 15.4. The lowest BCUT2D eigenvalue weighted by atomic mass is 10.2. The maximum absolute atomic E-state index is 14.1. The Labute approximate surface area is 183 Å². The SMILES string of the molecule is O=C(COc1cccc([N+](=O)[O-])c1)Nc1ccc(F)c(NC(=O)CCN2CCOCC2)c1. The van der Waals surface area contributed by atoms with Crippen LogP contribution in [0.3, 0.4) is 0 Å². The monoisotopic (exact) mass is 446 g/mol. The van der Waals surface area contributed by atoms with Gasteiger partial charge in [0, 0.05) is 37.8 Å². The van der Waals surface area contributed by atoms with E-state index in [-0.39, 0.29) is 35.1 Å². The molecule has 1 fully saturated rings. The number of benzene rings is 2. The van der Waals surface area contributed by atoms with Gasteiger partial charge in [-0.05, 0) is 24.3 Å². The summed E-state index contributed by atoms with van der Waals surface area (Å²) in [7, 11) is 0. The van der Waals surface area contributed by atoms with Crippen LogP contribution in [0.4, 0.5) is 21.5 Å². The number of carbonyl (C=O) groups is 2. The molecule has 1 heterocycles. The molecular weight excluding hydrogens is 423 g/mol. The number of hydrogen-bond donors (Lipinski definition) is 2. The zero-order valence-corrected chi connectivity index (χ0v) is 17.2. The molecule has 2 amide bonds. The van der Waals surface area contributed by atoms with Crippen molar-refractivity contribution in [1.29, 1.82) is 0 Å². The lowest BCUT2D eigenvalue weighted by molar-refractivity contribution is -0.384. The second-order valence-electron chi connectivity index (χ2n) is 7.04. The van der Waals surface area contributed by atoms with Gasteiger partial charge in [-0.25, -0.2) is 4.39 Å². The van der Waals surface area contributed by atoms with Crippen LogP contribution in [0.1, 0.15) is 6.42 Å². The number of non-ortho nitro benzene ring substituents is 1. The number of hydrogen-bond acceptors (Lipinski definition) is 7. The Morgan fingerprint density at radius 1 is 1.12 bits per heavy atom. The summed E-state index contributed by atoms with van der Waals surface area (Å²) in [6, 6.07) is 9.24. The van der Waals surface area contributed by atoms with Crippen LogP contribution in [-0.2, 0) is 14.3 Å². The van der Waals surface area contributed by atoms with Crippen molar-refractivity contribution in [3.63, 3.8) is 0 Å². The molecule has 170 valence electrons. The van der Waals surface area contributed by atoms with E-state index in [2.05, 4.69) is 15.5 Å². The van der Waals surface area contributed by atoms with Crippen molar-refractivity contribution in [3.8, 4) is 5.75 Å². The van der Waals surface area contributed by atoms with Crippen LogP contribution in [0.15, 0.2) is 42.5 Å². The van der Waals surface area contributed by atoms with E-state index in [0.717, 1.165) is 19.2 Å². The minimum Gasteiger partial charge on any atom is -0.484 e. The second-order valence-corrected chi connectivity index (χ2v) is 7.04. The summed E-state index contributed by atoms with van der Waals surface area (Å²) in [5.74, 6) is -1.35. The summed E-state index contributed by atoms with van der Waals surface area (Å²) in [4.78, 5) is 36.6. The molecule has 10 nitrogen and oxygen atoms in total. The zero-order valence-electron chi connectivity index (χ0n) is 17.2. The first kappa shape index (κ1) is 23.1. The van der Waals surface area contributed by atoms with Crippen LogP contribution in [0.5, 0.6) is 5.75 Å². The van der Waals surface area contributed by atoms with Crippen LogP contribution in [-0.4, -0.2) is 61.1 Å². The molecule has 0 aliphatic carbocycles. The molecule has 0 radical (unpaired) electrons. The number of anilines is 2. The third kappa shape index (κ3) is 7.00. The van der Waals surface area contributed by atoms with E-state index in [1.165, 1.54) is 36.4 Å². The van der Waals surface area contributed by atoms with E-state index in [4.69, 9.17) is 9.47 Å². The van der Waals surface area contributed by atoms with E-state index in [9.17, 15) is 24.1 Å². The third-order valence-corrected chi connectivity index (χ3v) is 4.68. The van der Waals surface area contributed by atoms with Crippen molar-refractivity contribution < 1.29 is 28.4 Å². The average molecular weight is 446 g/mol. The van der Waals surface area contributed by atoms with Crippen LogP contribution in [0, 0.1) is 15.9 Å². The molecule has 0 bridgehead atoms. The summed E-state index contributed by atoms with van der Waals surface area (Å²) >= 11 is 0. The Morgan fingerprint density at radius 3 is 2.66 bits per heavy atom. The number of carbonyl (C=O) groups excluding carboxylic acids is 2. The Balaban J connectivity index is 1.50. The predicted molar refractivity (Wildman–Crippen MR) is 114 cm³/mol. The number of nitrogens with zero attached hydrogens (tertiary/aromatic N) is 2. The zero-order chi connectivity index (χ0) is 22.9. The van der Waals surface area contributed by atoms with Gasteiger partial charge in [0.2, 0.25) is 5.91 Å². The summed E-state index contributed by atoms with van der Waals surface area (Å²) in [5, 5.41) is 15.8. The predicted octanol–water partition coefficient (Wildman–Crippen LogP) is 2.41. The average Bonchev–Trinajstić information content (AvgIpc) is 2.79. The van der Waals surface area contributed by atoms with E-state index in [0.29, 0.717) is 19.8 Å². The lowest BCUT2D eigenvalue weighted by Crippen LogP contribution is -2.38. The largest absolute Gasteiger partial charge is 0.484 e. The highest BCUT2D eigenvalue weighted by Gasteiger charge is 2.14. The molecule has 2 aromatic carbocycles. The maximum Gasteiger partial charge on any atom is 0.273 e. The van der Waals surface area contributed by atoms with Gasteiger partial charge in [-0.3, -0.25) is 24.6 Å². The van der Waals surface area contributed by atoms with Crippen molar-refractivity contribution >= 4 is 28.9 Å². The lowest BCUT2D eigenvalue weighted by Gasteiger charge is -2.26. The van der Waals surface area contributed by atoms with Crippen LogP contribution in [0.25, 0.3) is 0 Å². The normalized spacial score (nSPS) is 13.9. The molecule has 1 aliphatic heterocycles. The van der Waals surface area contributed by atoms with Crippen molar-refractivity contribution in [3.05, 3.63) is 58.4 Å². The maximum atomic E-state index is 14.1. The van der Waals surface area contributed by atoms with Gasteiger partial charge in [0.25, 0.3) is 11.6 Å². The number of morpholine rings is 1. The van der Waals surface area contributed by atoms with Crippen molar-refractivity contribution in [2.45, 2.75) is 6.42 Å². The number of nitro groups is 1. The minimum absolute atomic E-state index is 0.0469. The Bertz CT molecular complexity index is 981. The summed E-state index contributed by atoms with van der Waals surface area (Å²) < 4.78 is 24.6. The highest BCUT2D eigenvalue weighted by molar-refractivity contribution is 5.94. The molecular formula is C21H23FN4O6. The number of rotatable bonds is 9. The van der Waals surface area contributed by atoms with Crippen LogP contribution in [0.2, 0.25) is 0 Å². The number of nitrogens with one attached hydrogen (secondary N) is 2. The van der Waals surface area contributed by atoms with Gasteiger partial charge in [0.1, 0.15) is 11.6 Å². The first-order valence-corrected chi connectivity index (χ1v) is 9.97. The molecule has 0 atom stereocenters. The molecule has 1 saturated heterocycles. The van der Waals surface area contributed by atoms with Gasteiger partial charge in [-0.15, -0.1) is 0 Å². The fourth-order valence-corrected chi connectivity index (χ4v) is 3.03. The van der Waals surface area contributed by atoms with Crippen molar-refractivity contribution in [2.75, 3.05) is 50.1 Å². The van der Waals surface area contributed by atoms with Crippen molar-refractivity contribution in [2.24, 2.45) is 0 Å². The fraction of sp³-hybridized carbons (Fsp3) is 0.333. The van der Waals surface area contributed by atoms with E-state index in [1.54, 1.807) is 0 Å². The Hall–Kier alpha value is -3.57. The highest BCUT2D eigenvalue weighted by atomic mass is 19.1. The molecule has 32 heavy (non-hydrogen) atoms. The summed E-state index contributed by atoms with van der Waals surface area (Å²) in [5.41, 5.74) is 0.0624. The molecule has 1 aliphatic rings. The summed E-state index contributed by atoms with van der Waals surface area (Å²) in [6.45, 7) is 2.90. The molecule has 0 saturated carbocycles. The fourth-order valence-electron chi connectivity index (χ4n) is 3.03. The van der Waals surface area contributed by atoms with E-state index < -0.39 is 23.3 Å². The standard InChI is InChI=1S/C21H23FN4O6/c22-18-5-4-15(12-19(18)24-20(27)6-7-25-8-10-31-11-9-25)23-21(28)14-32-17-3-1-2-16(13-17)26(29)30/h1-5,12-13H,6-11,14H2,(H,23,28)(H,24,27). The molecule has 0 unspecified atom stereocenters. The molecule has 2 N–H and O–H groups in total. The number of halogens is 1. The molecule has 11 heteroatoms. The van der Waals surface area contributed by atoms with Crippen molar-refractivity contribution in [1.82, 2.24) is 4.90 Å². The van der Waals surface area contributed by atoms with Gasteiger partial charge >= 0.3 is 0 Å². The molecule has 3 rings (SSSR count). The Kier molecular flexibility index (Phi) is 8.06. The van der Waals surface area contributed by atoms with Crippen LogP contribution >= 0.6 is 0 Å². The van der Waals surface area contributed by atoms with Gasteiger partial charge < -0.3 is 20.1 Å². The van der Waals surface area contributed by atoms with Gasteiger partial charge in [-0.2, -0.15) is 0 Å². The topological polar surface area (TPSA) is 123 Å². The second kappa shape index (κ2) is 11.2. The number of amides is 2. The van der Waals surface area contributed by atoms with Gasteiger partial charge in [-0.1, -0.05) is 6.07 Å². The third-order valence-electron chi connectivity index (χ3n) is 4.68. The smallest absolute Gasteiger partial charge is 0.273 e. The quantitative estimate of drug-likeness (QED) is 0.448. The minimum atomic E-state index is -0.629. The van der Waals surface area contributed by atoms with Crippen LogP contribution < -0.4 is 15.4 Å². The number of ether oxygens (including phenoxy) is 2. The summed E-state index contributed by atoms with van der Waals surface area (Å²) in [6.07, 6.45) is 0.201. The van der Waals surface area contributed by atoms with E-state index >= 15 is 0 Å². The van der Waals surface area contributed by atoms with Gasteiger partial charge in [0.05, 0.1) is 29.9 Å². The first-order valence-electron chi connectivity index (χ1n) is 9.97.